The van der Waals surface area contributed by atoms with Crippen LogP contribution in [0.3, 0.4) is 0 Å². The Morgan fingerprint density at radius 2 is 1.60 bits per heavy atom. The molecular weight excluding hydrogens is 702 g/mol. The van der Waals surface area contributed by atoms with Crippen molar-refractivity contribution in [1.29, 1.82) is 0 Å². The maximum Gasteiger partial charge on any atom is 0.417 e. The highest BCUT2D eigenvalue weighted by atomic mass is 16.6. The van der Waals surface area contributed by atoms with Crippen LogP contribution in [0, 0.1) is 18.8 Å². The Hall–Kier alpha value is -4.97. The number of aliphatic hydroxyl groups excluding tert-OH is 1. The van der Waals surface area contributed by atoms with E-state index < -0.39 is 53.5 Å². The number of esters is 1. The van der Waals surface area contributed by atoms with Gasteiger partial charge in [-0.3, -0.25) is 19.2 Å². The molecule has 1 saturated heterocycles. The molecule has 0 saturated carbocycles. The molecule has 1 heterocycles. The van der Waals surface area contributed by atoms with Gasteiger partial charge in [-0.1, -0.05) is 104 Å². The molecule has 3 aromatic carbocycles. The summed E-state index contributed by atoms with van der Waals surface area (Å²) >= 11 is 0. The first-order chi connectivity index (χ1) is 26.2. The highest BCUT2D eigenvalue weighted by Gasteiger charge is 2.54. The minimum atomic E-state index is -1.67. The van der Waals surface area contributed by atoms with E-state index in [1.54, 1.807) is 56.3 Å². The van der Waals surface area contributed by atoms with Gasteiger partial charge in [-0.25, -0.2) is 9.69 Å². The second-order valence-electron chi connectivity index (χ2n) is 14.7. The Labute approximate surface area is 323 Å². The molecular formula is C44H53NO10. The lowest BCUT2D eigenvalue weighted by Crippen LogP contribution is -2.53. The van der Waals surface area contributed by atoms with E-state index in [0.29, 0.717) is 24.2 Å². The molecule has 1 N–H and O–H groups in total. The van der Waals surface area contributed by atoms with Crippen molar-refractivity contribution in [2.75, 3.05) is 19.8 Å². The third-order valence-corrected chi connectivity index (χ3v) is 9.41. The lowest BCUT2D eigenvalue weighted by molar-refractivity contribution is -0.159. The van der Waals surface area contributed by atoms with Gasteiger partial charge in [0.1, 0.15) is 11.7 Å². The van der Waals surface area contributed by atoms with Crippen molar-refractivity contribution in [1.82, 2.24) is 4.90 Å². The molecule has 0 aromatic heterocycles. The van der Waals surface area contributed by atoms with E-state index in [9.17, 15) is 29.1 Å². The second-order valence-corrected chi connectivity index (χ2v) is 14.7. The smallest absolute Gasteiger partial charge is 0.417 e. The van der Waals surface area contributed by atoms with Crippen molar-refractivity contribution in [2.45, 2.75) is 91.3 Å². The number of carbonyl (C=O) groups excluding carboxylic acids is 5. The number of carbonyl (C=O) groups is 5. The Bertz CT molecular complexity index is 1800. The Morgan fingerprint density at radius 1 is 0.945 bits per heavy atom. The summed E-state index contributed by atoms with van der Waals surface area (Å²) < 4.78 is 22.8. The van der Waals surface area contributed by atoms with Gasteiger partial charge in [0.15, 0.2) is 17.7 Å². The SMILES string of the molecule is CC(=O)O[C@H](C(=O)C=C(C(=O)CCCOC[C@@H](CO)OCc1ccccc1)c1cccc(C)c1)[C@H](Cc1ccccc1)C(=O)N1C(=O)OC(C)(C)[C@@H]1C(C)C. The summed E-state index contributed by atoms with van der Waals surface area (Å²) in [6.07, 6.45) is -1.65. The predicted octanol–water partition coefficient (Wildman–Crippen LogP) is 6.46. The fourth-order valence-corrected chi connectivity index (χ4v) is 6.96. The number of amides is 2. The highest BCUT2D eigenvalue weighted by molar-refractivity contribution is 6.25. The van der Waals surface area contributed by atoms with Gasteiger partial charge in [0.2, 0.25) is 5.91 Å². The molecule has 1 aliphatic rings. The molecule has 4 rings (SSSR count). The Kier molecular flexibility index (Phi) is 15.6. The standard InChI is InChI=1S/C44H53NO10/c1-29(2)41-44(5,6)55-43(51)45(41)42(50)37(24-32-16-9-7-10-17-32)40(54-31(4)47)39(49)25-36(34-20-13-15-30(3)23-34)38(48)21-14-22-52-28-35(26-46)53-27-33-18-11-8-12-19-33/h7-13,15-20,23,25,29,35,37,40-41,46H,14,21-22,24,26-28H2,1-6H3/t35-,37+,40+,41+/m1/s1. The van der Waals surface area contributed by atoms with E-state index in [0.717, 1.165) is 29.0 Å². The van der Waals surface area contributed by atoms with Crippen LogP contribution in [-0.4, -0.2) is 83.2 Å². The van der Waals surface area contributed by atoms with E-state index in [-0.39, 0.29) is 49.9 Å². The number of nitrogens with zero attached hydrogens (tertiary/aromatic N) is 1. The molecule has 4 atom stereocenters. The number of cyclic esters (lactones) is 1. The van der Waals surface area contributed by atoms with Crippen molar-refractivity contribution in [2.24, 2.45) is 11.8 Å². The molecule has 0 radical (unpaired) electrons. The lowest BCUT2D eigenvalue weighted by atomic mass is 9.85. The van der Waals surface area contributed by atoms with Crippen LogP contribution in [0.2, 0.25) is 0 Å². The van der Waals surface area contributed by atoms with Gasteiger partial charge in [0.25, 0.3) is 0 Å². The maximum absolute atomic E-state index is 14.6. The highest BCUT2D eigenvalue weighted by Crippen LogP contribution is 2.36. The Balaban J connectivity index is 1.59. The van der Waals surface area contributed by atoms with E-state index in [1.165, 1.54) is 0 Å². The Morgan fingerprint density at radius 3 is 2.20 bits per heavy atom. The van der Waals surface area contributed by atoms with Crippen LogP contribution < -0.4 is 0 Å². The summed E-state index contributed by atoms with van der Waals surface area (Å²) in [5.74, 6) is -4.20. The number of rotatable bonds is 20. The van der Waals surface area contributed by atoms with Gasteiger partial charge >= 0.3 is 12.1 Å². The maximum atomic E-state index is 14.6. The molecule has 11 heteroatoms. The second kappa shape index (κ2) is 20.1. The van der Waals surface area contributed by atoms with Crippen molar-refractivity contribution in [3.8, 4) is 0 Å². The van der Waals surface area contributed by atoms with E-state index >= 15 is 0 Å². The van der Waals surface area contributed by atoms with E-state index in [2.05, 4.69) is 0 Å². The lowest BCUT2D eigenvalue weighted by Gasteiger charge is -2.34. The fraction of sp³-hybridized carbons (Fsp3) is 0.432. The molecule has 11 nitrogen and oxygen atoms in total. The number of imide groups is 1. The summed E-state index contributed by atoms with van der Waals surface area (Å²) in [5, 5.41) is 9.77. The number of ketones is 2. The number of aryl methyl sites for hydroxylation is 1. The number of allylic oxidation sites excluding steroid dienone is 1. The van der Waals surface area contributed by atoms with Crippen molar-refractivity contribution in [3.05, 3.63) is 113 Å². The number of ether oxygens (including phenoxy) is 4. The first kappa shape index (κ1) is 42.8. The quantitative estimate of drug-likeness (QED) is 0.0775. The molecule has 294 valence electrons. The number of hydrogen-bond acceptors (Lipinski definition) is 10. The average Bonchev–Trinajstić information content (AvgIpc) is 3.40. The summed E-state index contributed by atoms with van der Waals surface area (Å²) in [4.78, 5) is 69.8. The molecule has 0 spiro atoms. The molecule has 0 aliphatic carbocycles. The van der Waals surface area contributed by atoms with Crippen LogP contribution in [0.5, 0.6) is 0 Å². The summed E-state index contributed by atoms with van der Waals surface area (Å²) in [5.41, 5.74) is 2.03. The largest absolute Gasteiger partial charge is 0.453 e. The fourth-order valence-electron chi connectivity index (χ4n) is 6.96. The van der Waals surface area contributed by atoms with E-state index in [1.807, 2.05) is 63.2 Å². The number of aliphatic hydroxyl groups is 1. The molecule has 0 bridgehead atoms. The average molecular weight is 756 g/mol. The van der Waals surface area contributed by atoms with Gasteiger partial charge in [-0.05, 0) is 62.3 Å². The molecule has 3 aromatic rings. The number of Topliss-reactive ketones (excluding diaryl/α,β-unsaturated/α-hetero) is 1. The van der Waals surface area contributed by atoms with E-state index in [4.69, 9.17) is 18.9 Å². The molecule has 0 unspecified atom stereocenters. The van der Waals surface area contributed by atoms with Crippen LogP contribution in [-0.2, 0) is 51.2 Å². The van der Waals surface area contributed by atoms with Gasteiger partial charge in [-0.15, -0.1) is 0 Å². The summed E-state index contributed by atoms with van der Waals surface area (Å²) in [6, 6.07) is 24.9. The topological polar surface area (TPSA) is 146 Å². The summed E-state index contributed by atoms with van der Waals surface area (Å²) in [6.45, 7) is 10.6. The molecule has 2 amide bonds. The van der Waals surface area contributed by atoms with Gasteiger partial charge in [0, 0.05) is 25.5 Å². The molecule has 1 aliphatic heterocycles. The monoisotopic (exact) mass is 755 g/mol. The zero-order valence-electron chi connectivity index (χ0n) is 32.6. The summed E-state index contributed by atoms with van der Waals surface area (Å²) in [7, 11) is 0. The van der Waals surface area contributed by atoms with Gasteiger partial charge in [-0.2, -0.15) is 0 Å². The van der Waals surface area contributed by atoms with Crippen molar-refractivity contribution in [3.63, 3.8) is 0 Å². The van der Waals surface area contributed by atoms with Crippen LogP contribution in [0.15, 0.2) is 91.0 Å². The minimum absolute atomic E-state index is 0.0110. The van der Waals surface area contributed by atoms with Gasteiger partial charge in [0.05, 0.1) is 31.8 Å². The third kappa shape index (κ3) is 12.0. The van der Waals surface area contributed by atoms with Gasteiger partial charge < -0.3 is 24.1 Å². The number of benzene rings is 3. The van der Waals surface area contributed by atoms with Crippen LogP contribution in [0.1, 0.15) is 69.7 Å². The van der Waals surface area contributed by atoms with Crippen molar-refractivity contribution < 1.29 is 48.0 Å². The number of hydrogen-bond donors (Lipinski definition) is 1. The minimum Gasteiger partial charge on any atom is -0.453 e. The first-order valence-corrected chi connectivity index (χ1v) is 18.7. The third-order valence-electron chi connectivity index (χ3n) is 9.41. The van der Waals surface area contributed by atoms with Crippen LogP contribution >= 0.6 is 0 Å². The normalized spacial score (nSPS) is 17.0. The van der Waals surface area contributed by atoms with Crippen LogP contribution in [0.25, 0.3) is 5.57 Å². The predicted molar refractivity (Wildman–Crippen MR) is 207 cm³/mol. The first-order valence-electron chi connectivity index (χ1n) is 18.7. The molecule has 1 fully saturated rings. The van der Waals surface area contributed by atoms with Crippen LogP contribution in [0.4, 0.5) is 4.79 Å². The molecule has 55 heavy (non-hydrogen) atoms. The zero-order valence-corrected chi connectivity index (χ0v) is 32.6. The van der Waals surface area contributed by atoms with Crippen molar-refractivity contribution >= 4 is 35.1 Å². The zero-order chi connectivity index (χ0) is 40.1.